The van der Waals surface area contributed by atoms with Crippen molar-refractivity contribution >= 4 is 38.6 Å². The van der Waals surface area contributed by atoms with Crippen LogP contribution < -0.4 is 5.73 Å². The van der Waals surface area contributed by atoms with Crippen LogP contribution in [0.15, 0.2) is 77.2 Å². The van der Waals surface area contributed by atoms with E-state index in [0.29, 0.717) is 17.0 Å². The zero-order valence-electron chi connectivity index (χ0n) is 15.5. The Labute approximate surface area is 166 Å². The molecule has 3 N–H and O–H groups in total. The molecule has 0 saturated heterocycles. The Morgan fingerprint density at radius 3 is 2.28 bits per heavy atom. The maximum absolute atomic E-state index is 11.0. The Balaban J connectivity index is 1.71. The number of hydrogen-bond donors (Lipinski definition) is 2. The summed E-state index contributed by atoms with van der Waals surface area (Å²) in [5.41, 5.74) is 8.79. The minimum Gasteiger partial charge on any atom is -0.480 e. The van der Waals surface area contributed by atoms with E-state index in [9.17, 15) is 4.79 Å². The summed E-state index contributed by atoms with van der Waals surface area (Å²) >= 11 is 0. The second-order valence-electron chi connectivity index (χ2n) is 7.16. The smallest absolute Gasteiger partial charge is 0.320 e. The number of nitrogens with two attached hydrogens (primary N) is 1. The summed E-state index contributed by atoms with van der Waals surface area (Å²) in [6.07, 6.45) is 0.241. The van der Waals surface area contributed by atoms with Crippen molar-refractivity contribution in [2.24, 2.45) is 5.73 Å². The minimum absolute atomic E-state index is 0.241. The molecule has 4 aromatic carbocycles. The summed E-state index contributed by atoms with van der Waals surface area (Å²) in [7, 11) is 0. The SMILES string of the molecule is N[C@@H](Cc1ccc2oc(-c3c4ccccc4cc4ccccc34)nc2c1)C(=O)O. The lowest BCUT2D eigenvalue weighted by atomic mass is 9.97. The minimum atomic E-state index is -1.02. The van der Waals surface area contributed by atoms with Gasteiger partial charge in [0.2, 0.25) is 5.89 Å². The van der Waals surface area contributed by atoms with E-state index in [1.165, 1.54) is 0 Å². The van der Waals surface area contributed by atoms with Crippen molar-refractivity contribution in [3.05, 3.63) is 78.4 Å². The van der Waals surface area contributed by atoms with Gasteiger partial charge >= 0.3 is 5.97 Å². The van der Waals surface area contributed by atoms with Crippen molar-refractivity contribution in [1.29, 1.82) is 0 Å². The first-order valence-electron chi connectivity index (χ1n) is 9.39. The predicted molar refractivity (Wildman–Crippen MR) is 114 cm³/mol. The van der Waals surface area contributed by atoms with E-state index in [1.54, 1.807) is 0 Å². The Kier molecular flexibility index (Phi) is 4.03. The molecule has 1 atom stereocenters. The van der Waals surface area contributed by atoms with Crippen LogP contribution in [0.2, 0.25) is 0 Å². The number of hydrogen-bond acceptors (Lipinski definition) is 4. The largest absolute Gasteiger partial charge is 0.480 e. The van der Waals surface area contributed by atoms with Crippen LogP contribution in [0.3, 0.4) is 0 Å². The topological polar surface area (TPSA) is 89.4 Å². The van der Waals surface area contributed by atoms with Crippen LogP contribution in [0.4, 0.5) is 0 Å². The molecule has 0 fully saturated rings. The molecule has 5 nitrogen and oxygen atoms in total. The average Bonchev–Trinajstić information content (AvgIpc) is 3.14. The van der Waals surface area contributed by atoms with Gasteiger partial charge in [0, 0.05) is 0 Å². The van der Waals surface area contributed by atoms with E-state index in [1.807, 2.05) is 42.5 Å². The van der Waals surface area contributed by atoms with Crippen molar-refractivity contribution in [2.45, 2.75) is 12.5 Å². The average molecular weight is 382 g/mol. The Morgan fingerprint density at radius 2 is 1.62 bits per heavy atom. The van der Waals surface area contributed by atoms with Gasteiger partial charge in [-0.25, -0.2) is 4.98 Å². The first-order chi connectivity index (χ1) is 14.1. The van der Waals surface area contributed by atoms with Gasteiger partial charge < -0.3 is 15.3 Å². The molecular weight excluding hydrogens is 364 g/mol. The molecule has 0 amide bonds. The number of carboxylic acids is 1. The van der Waals surface area contributed by atoms with Crippen molar-refractivity contribution < 1.29 is 14.3 Å². The third kappa shape index (κ3) is 3.02. The van der Waals surface area contributed by atoms with E-state index < -0.39 is 12.0 Å². The summed E-state index contributed by atoms with van der Waals surface area (Å²) in [5.74, 6) is -0.471. The third-order valence-corrected chi connectivity index (χ3v) is 5.21. The van der Waals surface area contributed by atoms with Crippen molar-refractivity contribution in [3.63, 3.8) is 0 Å². The van der Waals surface area contributed by atoms with Gasteiger partial charge in [0.15, 0.2) is 5.58 Å². The van der Waals surface area contributed by atoms with Gasteiger partial charge in [0.1, 0.15) is 11.6 Å². The van der Waals surface area contributed by atoms with Crippen LogP contribution in [-0.2, 0) is 11.2 Å². The van der Waals surface area contributed by atoms with Crippen LogP contribution in [0.1, 0.15) is 5.56 Å². The molecule has 5 heteroatoms. The molecule has 142 valence electrons. The first kappa shape index (κ1) is 17.4. The molecule has 0 spiro atoms. The van der Waals surface area contributed by atoms with Gasteiger partial charge in [-0.1, -0.05) is 54.6 Å². The number of carbonyl (C=O) groups is 1. The predicted octanol–water partition coefficient (Wildman–Crippen LogP) is 4.76. The fourth-order valence-electron chi connectivity index (χ4n) is 3.79. The highest BCUT2D eigenvalue weighted by Gasteiger charge is 2.17. The van der Waals surface area contributed by atoms with E-state index >= 15 is 0 Å². The number of aliphatic carboxylic acids is 1. The fraction of sp³-hybridized carbons (Fsp3) is 0.0833. The first-order valence-corrected chi connectivity index (χ1v) is 9.39. The van der Waals surface area contributed by atoms with Crippen LogP contribution in [-0.4, -0.2) is 22.1 Å². The highest BCUT2D eigenvalue weighted by molar-refractivity contribution is 6.11. The number of fused-ring (bicyclic) bond motifs is 3. The van der Waals surface area contributed by atoms with Gasteiger partial charge in [-0.2, -0.15) is 0 Å². The molecule has 0 radical (unpaired) electrons. The molecule has 5 aromatic rings. The molecule has 0 aliphatic heterocycles. The third-order valence-electron chi connectivity index (χ3n) is 5.21. The zero-order valence-corrected chi connectivity index (χ0v) is 15.5. The van der Waals surface area contributed by atoms with Crippen molar-refractivity contribution in [3.8, 4) is 11.5 Å². The molecule has 0 aliphatic rings. The zero-order chi connectivity index (χ0) is 20.0. The van der Waals surface area contributed by atoms with Gasteiger partial charge in [0.25, 0.3) is 0 Å². The van der Waals surface area contributed by atoms with Crippen LogP contribution in [0.5, 0.6) is 0 Å². The van der Waals surface area contributed by atoms with E-state index in [-0.39, 0.29) is 6.42 Å². The molecular formula is C24H18N2O3. The Hall–Kier alpha value is -3.70. The van der Waals surface area contributed by atoms with E-state index in [0.717, 1.165) is 32.7 Å². The normalized spacial score (nSPS) is 12.6. The van der Waals surface area contributed by atoms with E-state index in [4.69, 9.17) is 20.2 Å². The van der Waals surface area contributed by atoms with Gasteiger partial charge in [-0.15, -0.1) is 0 Å². The Morgan fingerprint density at radius 1 is 0.966 bits per heavy atom. The second-order valence-corrected chi connectivity index (χ2v) is 7.16. The van der Waals surface area contributed by atoms with Crippen LogP contribution in [0.25, 0.3) is 44.1 Å². The van der Waals surface area contributed by atoms with Crippen LogP contribution >= 0.6 is 0 Å². The van der Waals surface area contributed by atoms with Crippen molar-refractivity contribution in [2.75, 3.05) is 0 Å². The number of oxazole rings is 1. The molecule has 0 aliphatic carbocycles. The molecule has 0 bridgehead atoms. The van der Waals surface area contributed by atoms with Crippen molar-refractivity contribution in [1.82, 2.24) is 4.98 Å². The summed E-state index contributed by atoms with van der Waals surface area (Å²) in [4.78, 5) is 15.8. The number of rotatable bonds is 4. The lowest BCUT2D eigenvalue weighted by Gasteiger charge is -2.08. The second kappa shape index (κ2) is 6.72. The molecule has 1 aromatic heterocycles. The molecule has 0 saturated carbocycles. The molecule has 29 heavy (non-hydrogen) atoms. The standard InChI is InChI=1S/C24H18N2O3/c25-19(24(27)28)11-14-9-10-21-20(12-14)26-23(29-21)22-17-7-3-1-5-15(17)13-16-6-2-4-8-18(16)22/h1-10,12-13,19H,11,25H2,(H,27,28)/t19-/m0/s1. The number of nitrogens with zero attached hydrogens (tertiary/aromatic N) is 1. The maximum Gasteiger partial charge on any atom is 0.320 e. The van der Waals surface area contributed by atoms with Gasteiger partial charge in [-0.3, -0.25) is 4.79 Å². The summed E-state index contributed by atoms with van der Waals surface area (Å²) in [6.45, 7) is 0. The summed E-state index contributed by atoms with van der Waals surface area (Å²) in [6, 6.07) is 23.1. The monoisotopic (exact) mass is 382 g/mol. The molecule has 1 heterocycles. The van der Waals surface area contributed by atoms with Crippen LogP contribution in [0, 0.1) is 0 Å². The summed E-state index contributed by atoms with van der Waals surface area (Å²) in [5, 5.41) is 13.4. The number of aromatic nitrogens is 1. The molecule has 0 unspecified atom stereocenters. The number of benzene rings is 4. The Bertz CT molecular complexity index is 1330. The van der Waals surface area contributed by atoms with Gasteiger partial charge in [0.05, 0.1) is 5.56 Å². The molecule has 5 rings (SSSR count). The lowest BCUT2D eigenvalue weighted by Crippen LogP contribution is -2.32. The summed E-state index contributed by atoms with van der Waals surface area (Å²) < 4.78 is 6.12. The fourth-order valence-corrected chi connectivity index (χ4v) is 3.79. The highest BCUT2D eigenvalue weighted by Crippen LogP contribution is 2.37. The van der Waals surface area contributed by atoms with Gasteiger partial charge in [-0.05, 0) is 51.7 Å². The highest BCUT2D eigenvalue weighted by atomic mass is 16.4. The number of carboxylic acid groups (broad SMARTS) is 1. The maximum atomic E-state index is 11.0. The quantitative estimate of drug-likeness (QED) is 0.438. The van der Waals surface area contributed by atoms with E-state index in [2.05, 4.69) is 30.3 Å². The lowest BCUT2D eigenvalue weighted by molar-refractivity contribution is -0.138.